The van der Waals surface area contributed by atoms with Gasteiger partial charge in [0, 0.05) is 80.3 Å². The van der Waals surface area contributed by atoms with E-state index in [2.05, 4.69) is 0 Å². The van der Waals surface area contributed by atoms with Crippen LogP contribution in [0.5, 0.6) is 5.75 Å². The van der Waals surface area contributed by atoms with Crippen molar-refractivity contribution in [1.82, 2.24) is 19.6 Å². The minimum absolute atomic E-state index is 0.0389. The van der Waals surface area contributed by atoms with Crippen LogP contribution in [0.15, 0.2) is 36.4 Å². The van der Waals surface area contributed by atoms with E-state index >= 15 is 4.39 Å². The van der Waals surface area contributed by atoms with E-state index in [1.54, 1.807) is 36.7 Å². The van der Waals surface area contributed by atoms with Crippen molar-refractivity contribution in [1.29, 1.82) is 0 Å². The van der Waals surface area contributed by atoms with Gasteiger partial charge in [-0.1, -0.05) is 49.9 Å². The summed E-state index contributed by atoms with van der Waals surface area (Å²) in [5, 5.41) is 1.23. The zero-order valence-corrected chi connectivity index (χ0v) is 33.7. The molecule has 12 heteroatoms. The van der Waals surface area contributed by atoms with Crippen molar-refractivity contribution in [2.24, 2.45) is 11.8 Å². The summed E-state index contributed by atoms with van der Waals surface area (Å²) in [7, 11) is 1.64. The van der Waals surface area contributed by atoms with Crippen molar-refractivity contribution in [3.8, 4) is 16.9 Å². The number of nitrogens with zero attached hydrogens (tertiary/aromatic N) is 4. The quantitative estimate of drug-likeness (QED) is 0.246. The van der Waals surface area contributed by atoms with Gasteiger partial charge in [-0.25, -0.2) is 4.39 Å². The third kappa shape index (κ3) is 8.70. The highest BCUT2D eigenvalue weighted by molar-refractivity contribution is 8.00. The van der Waals surface area contributed by atoms with Gasteiger partial charge in [-0.3, -0.25) is 19.2 Å². The second-order valence-corrected chi connectivity index (χ2v) is 19.0. The predicted octanol–water partition coefficient (Wildman–Crippen LogP) is 6.40. The van der Waals surface area contributed by atoms with Gasteiger partial charge in [-0.05, 0) is 79.2 Å². The SMILES string of the molecule is COc1c(-c2ccc(F)c([C@@H]3C[C@H]3C(=O)N3CCN(C(=O)CSC4CCCC4)CC3)c2)cccc1[C@H]1C[C@@H]1C(=O)N1CCN(C(=O)CSC2CCCC2)CC1. The topological polar surface area (TPSA) is 90.5 Å². The summed E-state index contributed by atoms with van der Waals surface area (Å²) in [6.45, 7) is 4.46. The van der Waals surface area contributed by atoms with Crippen LogP contribution < -0.4 is 4.74 Å². The lowest BCUT2D eigenvalue weighted by Gasteiger charge is -2.35. The Kier molecular flexibility index (Phi) is 12.0. The number of ether oxygens (including phenoxy) is 1. The largest absolute Gasteiger partial charge is 0.496 e. The molecular formula is C43H55FN4O5S2. The van der Waals surface area contributed by atoms with Gasteiger partial charge in [0.1, 0.15) is 11.6 Å². The molecule has 6 aliphatic rings. The molecule has 0 spiro atoms. The average Bonchev–Trinajstić information content (AvgIpc) is 4.06. The van der Waals surface area contributed by atoms with Crippen LogP contribution >= 0.6 is 23.5 Å². The smallest absolute Gasteiger partial charge is 0.232 e. The van der Waals surface area contributed by atoms with Crippen molar-refractivity contribution in [3.05, 3.63) is 53.3 Å². The maximum absolute atomic E-state index is 15.4. The molecule has 2 aliphatic heterocycles. The monoisotopic (exact) mass is 790 g/mol. The Bertz CT molecular complexity index is 1750. The standard InChI is InChI=1S/C43H55FN4O5S2/c1-53-41-31(11-6-12-32(41)33-24-36(33)42(51)47-19-15-45(16-20-47)39(49)26-54-29-7-2-3-8-29)28-13-14-38(44)35(23-28)34-25-37(34)43(52)48-21-17-46(18-22-48)40(50)27-55-30-9-4-5-10-30/h6,11-14,23,29-30,33-34,36-37H,2-5,7-10,15-22,24-27H2,1H3/t33-,34+,36+,37-/m1/s1. The van der Waals surface area contributed by atoms with Gasteiger partial charge in [-0.15, -0.1) is 23.5 Å². The van der Waals surface area contributed by atoms with Crippen LogP contribution in [0.25, 0.3) is 11.1 Å². The van der Waals surface area contributed by atoms with Gasteiger partial charge in [-0.2, -0.15) is 0 Å². The summed E-state index contributed by atoms with van der Waals surface area (Å²) in [5.41, 5.74) is 3.20. The second kappa shape index (κ2) is 17.1. The maximum atomic E-state index is 15.4. The number of hydrogen-bond acceptors (Lipinski definition) is 7. The lowest BCUT2D eigenvalue weighted by Crippen LogP contribution is -2.51. The van der Waals surface area contributed by atoms with Gasteiger partial charge in [0.2, 0.25) is 23.6 Å². The molecule has 0 bridgehead atoms. The van der Waals surface area contributed by atoms with E-state index in [4.69, 9.17) is 4.74 Å². The minimum Gasteiger partial charge on any atom is -0.496 e. The summed E-state index contributed by atoms with van der Waals surface area (Å²) in [6, 6.07) is 11.1. The fourth-order valence-corrected chi connectivity index (χ4v) is 11.9. The van der Waals surface area contributed by atoms with E-state index in [-0.39, 0.29) is 53.1 Å². The van der Waals surface area contributed by atoms with Gasteiger partial charge >= 0.3 is 0 Å². The van der Waals surface area contributed by atoms with Gasteiger partial charge < -0.3 is 24.3 Å². The minimum atomic E-state index is -0.309. The molecule has 6 fully saturated rings. The van der Waals surface area contributed by atoms with E-state index in [1.807, 2.05) is 43.9 Å². The third-order valence-corrected chi connectivity index (χ3v) is 15.7. The maximum Gasteiger partial charge on any atom is 0.232 e. The fourth-order valence-electron chi connectivity index (χ4n) is 9.41. The Balaban J connectivity index is 0.851. The molecule has 0 aromatic heterocycles. The number of halogens is 1. The highest BCUT2D eigenvalue weighted by Gasteiger charge is 2.49. The van der Waals surface area contributed by atoms with Crippen molar-refractivity contribution < 1.29 is 28.3 Å². The number of carbonyl (C=O) groups is 4. The molecule has 2 aromatic rings. The lowest BCUT2D eigenvalue weighted by atomic mass is 9.95. The Hall–Kier alpha value is -3.25. The van der Waals surface area contributed by atoms with Crippen molar-refractivity contribution >= 4 is 47.2 Å². The third-order valence-electron chi connectivity index (χ3n) is 12.9. The van der Waals surface area contributed by atoms with Crippen molar-refractivity contribution in [2.45, 2.75) is 86.5 Å². The number of para-hydroxylation sites is 1. The number of amides is 4. The number of hydrogen-bond donors (Lipinski definition) is 0. The van der Waals surface area contributed by atoms with E-state index < -0.39 is 0 Å². The Labute approximate surface area is 333 Å². The van der Waals surface area contributed by atoms with E-state index in [0.29, 0.717) is 92.1 Å². The first-order chi connectivity index (χ1) is 26.8. The Morgan fingerprint density at radius 1 is 0.655 bits per heavy atom. The van der Waals surface area contributed by atoms with E-state index in [1.165, 1.54) is 57.4 Å². The number of rotatable bonds is 12. The molecule has 0 unspecified atom stereocenters. The van der Waals surface area contributed by atoms with Gasteiger partial charge in [0.15, 0.2) is 0 Å². The van der Waals surface area contributed by atoms with E-state index in [0.717, 1.165) is 23.1 Å². The second-order valence-electron chi connectivity index (χ2n) is 16.4. The Morgan fingerprint density at radius 3 is 1.62 bits per heavy atom. The molecule has 2 heterocycles. The van der Waals surface area contributed by atoms with Gasteiger partial charge in [0.05, 0.1) is 18.6 Å². The summed E-state index contributed by atoms with van der Waals surface area (Å²) in [5.74, 6) is 1.48. The van der Waals surface area contributed by atoms with Crippen LogP contribution in [0.4, 0.5) is 4.39 Å². The van der Waals surface area contributed by atoms with Crippen LogP contribution in [-0.4, -0.2) is 125 Å². The molecule has 0 radical (unpaired) electrons. The first-order valence-corrected chi connectivity index (χ1v) is 22.7. The lowest BCUT2D eigenvalue weighted by molar-refractivity contribution is -0.139. The fraction of sp³-hybridized carbons (Fsp3) is 0.628. The molecule has 55 heavy (non-hydrogen) atoms. The summed E-state index contributed by atoms with van der Waals surface area (Å²) >= 11 is 3.58. The number of carbonyl (C=O) groups excluding carboxylic acids is 4. The van der Waals surface area contributed by atoms with Crippen LogP contribution in [-0.2, 0) is 19.2 Å². The van der Waals surface area contributed by atoms with Crippen molar-refractivity contribution in [2.75, 3.05) is 71.0 Å². The Morgan fingerprint density at radius 2 is 1.13 bits per heavy atom. The first kappa shape index (κ1) is 38.6. The predicted molar refractivity (Wildman–Crippen MR) is 216 cm³/mol. The summed E-state index contributed by atoms with van der Waals surface area (Å²) in [4.78, 5) is 60.4. The number of benzene rings is 2. The molecule has 296 valence electrons. The van der Waals surface area contributed by atoms with Crippen LogP contribution in [0.1, 0.15) is 87.2 Å². The first-order valence-electron chi connectivity index (χ1n) is 20.6. The molecule has 4 saturated carbocycles. The molecule has 2 saturated heterocycles. The van der Waals surface area contributed by atoms with Crippen LogP contribution in [0.2, 0.25) is 0 Å². The molecule has 0 N–H and O–H groups in total. The molecule has 4 amide bonds. The highest BCUT2D eigenvalue weighted by atomic mass is 32.2. The summed E-state index contributed by atoms with van der Waals surface area (Å²) in [6.07, 6.45) is 11.3. The highest BCUT2D eigenvalue weighted by Crippen LogP contribution is 2.54. The van der Waals surface area contributed by atoms with Gasteiger partial charge in [0.25, 0.3) is 0 Å². The number of piperazine rings is 2. The van der Waals surface area contributed by atoms with Crippen molar-refractivity contribution in [3.63, 3.8) is 0 Å². The molecule has 9 nitrogen and oxygen atoms in total. The molecule has 4 atom stereocenters. The average molecular weight is 791 g/mol. The summed E-state index contributed by atoms with van der Waals surface area (Å²) < 4.78 is 21.4. The van der Waals surface area contributed by atoms with Crippen LogP contribution in [0, 0.1) is 17.7 Å². The van der Waals surface area contributed by atoms with Crippen LogP contribution in [0.3, 0.4) is 0 Å². The molecule has 2 aromatic carbocycles. The van der Waals surface area contributed by atoms with E-state index in [9.17, 15) is 19.2 Å². The number of thioether (sulfide) groups is 2. The normalized spacial score (nSPS) is 25.7. The zero-order valence-electron chi connectivity index (χ0n) is 32.1. The molecule has 4 aliphatic carbocycles. The molecule has 8 rings (SSSR count). The molecular weight excluding hydrogens is 736 g/mol. The number of methoxy groups -OCH3 is 1. The zero-order chi connectivity index (χ0) is 38.1.